The molecule has 0 atom stereocenters. The van der Waals surface area contributed by atoms with E-state index in [4.69, 9.17) is 5.11 Å². The van der Waals surface area contributed by atoms with Crippen LogP contribution >= 0.6 is 0 Å². The fourth-order valence-electron chi connectivity index (χ4n) is 1.42. The molecule has 0 aliphatic rings. The van der Waals surface area contributed by atoms with E-state index in [1.165, 1.54) is 51.4 Å². The molecule has 0 aromatic rings. The first-order valence-corrected chi connectivity index (χ1v) is 5.52. The van der Waals surface area contributed by atoms with Crippen LogP contribution in [0.25, 0.3) is 0 Å². The second-order valence-corrected chi connectivity index (χ2v) is 3.55. The van der Waals surface area contributed by atoms with E-state index in [1.807, 2.05) is 0 Å². The van der Waals surface area contributed by atoms with E-state index in [9.17, 15) is 0 Å². The van der Waals surface area contributed by atoms with E-state index in [0.29, 0.717) is 6.61 Å². The van der Waals surface area contributed by atoms with Gasteiger partial charge in [0.05, 0.1) is 0 Å². The van der Waals surface area contributed by atoms with Crippen molar-refractivity contribution < 1.29 is 5.11 Å². The van der Waals surface area contributed by atoms with Crippen LogP contribution in [-0.4, -0.2) is 30.6 Å². The molecule has 0 unspecified atom stereocenters. The summed E-state index contributed by atoms with van der Waals surface area (Å²) in [6.07, 6.45) is 11.8. The van der Waals surface area contributed by atoms with Crippen molar-refractivity contribution >= 4 is 18.9 Å². The van der Waals surface area contributed by atoms with Crippen LogP contribution in [0.1, 0.15) is 64.7 Å². The fraction of sp³-hybridized carbons (Fsp3) is 1.00. The molecule has 0 bridgehead atoms. The number of rotatable bonds is 9. The van der Waals surface area contributed by atoms with Crippen LogP contribution in [-0.2, 0) is 0 Å². The van der Waals surface area contributed by atoms with Gasteiger partial charge in [-0.05, 0) is 6.42 Å². The molecule has 0 aliphatic carbocycles. The fourth-order valence-corrected chi connectivity index (χ4v) is 1.42. The van der Waals surface area contributed by atoms with Crippen molar-refractivity contribution in [2.24, 2.45) is 0 Å². The summed E-state index contributed by atoms with van der Waals surface area (Å²) in [5, 5.41) is 8.54. The standard InChI is InChI=1S/C11H24O.Li.H/c1-2-3-4-5-6-7-8-9-10-11-12;;/h12H,2-11H2,1H3;;. The van der Waals surface area contributed by atoms with Gasteiger partial charge in [0.25, 0.3) is 0 Å². The van der Waals surface area contributed by atoms with Crippen LogP contribution < -0.4 is 0 Å². The number of aliphatic hydroxyl groups is 1. The summed E-state index contributed by atoms with van der Waals surface area (Å²) in [4.78, 5) is 0. The number of hydrogen-bond acceptors (Lipinski definition) is 1. The molecule has 76 valence electrons. The van der Waals surface area contributed by atoms with Crippen LogP contribution in [0.2, 0.25) is 0 Å². The normalized spacial score (nSPS) is 9.69. The second kappa shape index (κ2) is 15.0. The van der Waals surface area contributed by atoms with Gasteiger partial charge >= 0.3 is 18.9 Å². The molecule has 0 saturated carbocycles. The molecule has 0 fully saturated rings. The Balaban J connectivity index is 0. The Kier molecular flexibility index (Phi) is 18.5. The van der Waals surface area contributed by atoms with E-state index in [0.717, 1.165) is 6.42 Å². The van der Waals surface area contributed by atoms with Gasteiger partial charge in [-0.3, -0.25) is 0 Å². The van der Waals surface area contributed by atoms with E-state index in [2.05, 4.69) is 6.92 Å². The third-order valence-electron chi connectivity index (χ3n) is 2.26. The Bertz CT molecular complexity index is 66.5. The zero-order chi connectivity index (χ0) is 9.07. The molecule has 0 rings (SSSR count). The summed E-state index contributed by atoms with van der Waals surface area (Å²) in [5.41, 5.74) is 0. The average molecular weight is 180 g/mol. The van der Waals surface area contributed by atoms with Crippen molar-refractivity contribution in [1.29, 1.82) is 0 Å². The molecule has 0 aromatic carbocycles. The molecule has 0 radical (unpaired) electrons. The zero-order valence-electron chi connectivity index (χ0n) is 8.52. The van der Waals surface area contributed by atoms with E-state index >= 15 is 0 Å². The average Bonchev–Trinajstić information content (AvgIpc) is 2.10. The number of aliphatic hydroxyl groups excluding tert-OH is 1. The summed E-state index contributed by atoms with van der Waals surface area (Å²) in [5.74, 6) is 0. The van der Waals surface area contributed by atoms with Gasteiger partial charge in [0.1, 0.15) is 0 Å². The minimum atomic E-state index is 0. The van der Waals surface area contributed by atoms with Gasteiger partial charge in [0.15, 0.2) is 0 Å². The van der Waals surface area contributed by atoms with Crippen LogP contribution in [0.3, 0.4) is 0 Å². The van der Waals surface area contributed by atoms with Crippen LogP contribution in [0.15, 0.2) is 0 Å². The Morgan fingerprint density at radius 1 is 0.692 bits per heavy atom. The summed E-state index contributed by atoms with van der Waals surface area (Å²) >= 11 is 0. The van der Waals surface area contributed by atoms with E-state index in [1.54, 1.807) is 0 Å². The molecular formula is C11H25LiO. The molecule has 0 spiro atoms. The number of unbranched alkanes of at least 4 members (excludes halogenated alkanes) is 8. The molecule has 0 aromatic heterocycles. The Hall–Kier alpha value is 0.557. The van der Waals surface area contributed by atoms with Gasteiger partial charge in [-0.1, -0.05) is 58.3 Å². The first kappa shape index (κ1) is 16.0. The molecule has 13 heavy (non-hydrogen) atoms. The predicted molar refractivity (Wildman–Crippen MR) is 61.5 cm³/mol. The molecular weight excluding hydrogens is 155 g/mol. The van der Waals surface area contributed by atoms with Crippen molar-refractivity contribution in [3.63, 3.8) is 0 Å². The van der Waals surface area contributed by atoms with Crippen molar-refractivity contribution in [1.82, 2.24) is 0 Å². The zero-order valence-corrected chi connectivity index (χ0v) is 8.52. The molecule has 0 heterocycles. The summed E-state index contributed by atoms with van der Waals surface area (Å²) in [7, 11) is 0. The number of hydrogen-bond donors (Lipinski definition) is 1. The van der Waals surface area contributed by atoms with Crippen LogP contribution in [0.5, 0.6) is 0 Å². The monoisotopic (exact) mass is 180 g/mol. The maximum absolute atomic E-state index is 8.54. The predicted octanol–water partition coefficient (Wildman–Crippen LogP) is 2.86. The Labute approximate surface area is 95.5 Å². The van der Waals surface area contributed by atoms with Gasteiger partial charge in [0.2, 0.25) is 0 Å². The van der Waals surface area contributed by atoms with Crippen LogP contribution in [0.4, 0.5) is 0 Å². The first-order chi connectivity index (χ1) is 5.91. The topological polar surface area (TPSA) is 20.2 Å². The molecule has 0 aliphatic heterocycles. The molecule has 1 nitrogen and oxygen atoms in total. The van der Waals surface area contributed by atoms with Gasteiger partial charge in [-0.25, -0.2) is 0 Å². The third kappa shape index (κ3) is 15.3. The van der Waals surface area contributed by atoms with E-state index < -0.39 is 0 Å². The molecule has 0 amide bonds. The summed E-state index contributed by atoms with van der Waals surface area (Å²) in [6.45, 7) is 2.62. The SMILES string of the molecule is CCCCCCCCCCCO.[LiH]. The Morgan fingerprint density at radius 2 is 1.08 bits per heavy atom. The van der Waals surface area contributed by atoms with Crippen molar-refractivity contribution in [2.75, 3.05) is 6.61 Å². The van der Waals surface area contributed by atoms with Crippen molar-refractivity contribution in [3.05, 3.63) is 0 Å². The van der Waals surface area contributed by atoms with Crippen molar-refractivity contribution in [3.8, 4) is 0 Å². The van der Waals surface area contributed by atoms with Crippen molar-refractivity contribution in [2.45, 2.75) is 64.7 Å². The maximum atomic E-state index is 8.54. The van der Waals surface area contributed by atoms with E-state index in [-0.39, 0.29) is 18.9 Å². The second-order valence-electron chi connectivity index (χ2n) is 3.55. The third-order valence-corrected chi connectivity index (χ3v) is 2.26. The van der Waals surface area contributed by atoms with Crippen LogP contribution in [0, 0.1) is 0 Å². The van der Waals surface area contributed by atoms with Gasteiger partial charge < -0.3 is 5.11 Å². The van der Waals surface area contributed by atoms with Gasteiger partial charge in [-0.15, -0.1) is 0 Å². The first-order valence-electron chi connectivity index (χ1n) is 5.52. The molecule has 0 saturated heterocycles. The van der Waals surface area contributed by atoms with Gasteiger partial charge in [0, 0.05) is 6.61 Å². The minimum absolute atomic E-state index is 0. The molecule has 1 N–H and O–H groups in total. The molecule has 2 heteroatoms. The van der Waals surface area contributed by atoms with Gasteiger partial charge in [-0.2, -0.15) is 0 Å². The summed E-state index contributed by atoms with van der Waals surface area (Å²) in [6, 6.07) is 0. The Morgan fingerprint density at radius 3 is 1.46 bits per heavy atom. The quantitative estimate of drug-likeness (QED) is 0.427. The summed E-state index contributed by atoms with van der Waals surface area (Å²) < 4.78 is 0.